The van der Waals surface area contributed by atoms with Crippen LogP contribution in [0.2, 0.25) is 0 Å². The lowest BCUT2D eigenvalue weighted by molar-refractivity contribution is 0.616. The van der Waals surface area contributed by atoms with Crippen molar-refractivity contribution < 1.29 is 4.39 Å². The van der Waals surface area contributed by atoms with E-state index in [-0.39, 0.29) is 16.6 Å². The molecule has 78 valence electrons. The van der Waals surface area contributed by atoms with Crippen LogP contribution in [0, 0.1) is 5.82 Å². The van der Waals surface area contributed by atoms with Gasteiger partial charge in [0.1, 0.15) is 5.52 Å². The van der Waals surface area contributed by atoms with Crippen LogP contribution in [-0.2, 0) is 6.42 Å². The zero-order valence-corrected chi connectivity index (χ0v) is 9.56. The van der Waals surface area contributed by atoms with Crippen molar-refractivity contribution >= 4 is 27.0 Å². The van der Waals surface area contributed by atoms with Gasteiger partial charge >= 0.3 is 0 Å². The van der Waals surface area contributed by atoms with Gasteiger partial charge in [0.25, 0.3) is 5.56 Å². The molecule has 0 atom stereocenters. The maximum atomic E-state index is 13.8. The molecular formula is C10H8BrFN2O. The number of H-pyrrole nitrogens is 1. The lowest BCUT2D eigenvalue weighted by Gasteiger charge is -2.03. The van der Waals surface area contributed by atoms with Crippen molar-refractivity contribution in [3.63, 3.8) is 0 Å². The molecule has 3 nitrogen and oxygen atoms in total. The fraction of sp³-hybridized carbons (Fsp3) is 0.200. The van der Waals surface area contributed by atoms with Gasteiger partial charge in [-0.25, -0.2) is 4.39 Å². The number of halogens is 2. The Hall–Kier alpha value is -1.23. The molecule has 0 radical (unpaired) electrons. The highest BCUT2D eigenvalue weighted by Crippen LogP contribution is 2.18. The summed E-state index contributed by atoms with van der Waals surface area (Å²) < 4.78 is 14.5. The molecule has 15 heavy (non-hydrogen) atoms. The molecular weight excluding hydrogens is 263 g/mol. The zero-order chi connectivity index (χ0) is 11.0. The van der Waals surface area contributed by atoms with Crippen LogP contribution in [0.3, 0.4) is 0 Å². The van der Waals surface area contributed by atoms with Crippen LogP contribution in [0.1, 0.15) is 12.5 Å². The molecule has 0 amide bonds. The third-order valence-electron chi connectivity index (χ3n) is 2.20. The molecule has 2 aromatic rings. The normalized spacial score (nSPS) is 10.9. The average molecular weight is 271 g/mol. The van der Waals surface area contributed by atoms with Crippen molar-refractivity contribution in [3.8, 4) is 0 Å². The average Bonchev–Trinajstić information content (AvgIpc) is 2.17. The van der Waals surface area contributed by atoms with Gasteiger partial charge in [0.05, 0.1) is 11.1 Å². The van der Waals surface area contributed by atoms with E-state index in [1.165, 1.54) is 6.20 Å². The Morgan fingerprint density at radius 2 is 2.33 bits per heavy atom. The van der Waals surface area contributed by atoms with Crippen molar-refractivity contribution in [2.75, 3.05) is 0 Å². The van der Waals surface area contributed by atoms with Crippen LogP contribution in [0.5, 0.6) is 0 Å². The fourth-order valence-corrected chi connectivity index (χ4v) is 1.80. The first-order valence-electron chi connectivity index (χ1n) is 4.49. The second-order valence-electron chi connectivity index (χ2n) is 3.15. The Morgan fingerprint density at radius 3 is 3.00 bits per heavy atom. The number of nitrogens with one attached hydrogen (secondary N) is 1. The van der Waals surface area contributed by atoms with Gasteiger partial charge in [-0.1, -0.05) is 6.92 Å². The molecule has 0 fully saturated rings. The molecule has 0 saturated carbocycles. The van der Waals surface area contributed by atoms with Crippen molar-refractivity contribution in [2.24, 2.45) is 0 Å². The zero-order valence-electron chi connectivity index (χ0n) is 7.97. The van der Waals surface area contributed by atoms with Crippen LogP contribution in [0.25, 0.3) is 11.0 Å². The number of pyridine rings is 2. The van der Waals surface area contributed by atoms with Crippen molar-refractivity contribution in [1.82, 2.24) is 9.97 Å². The van der Waals surface area contributed by atoms with Gasteiger partial charge in [0.15, 0.2) is 5.82 Å². The molecule has 0 aromatic carbocycles. The van der Waals surface area contributed by atoms with E-state index in [9.17, 15) is 9.18 Å². The summed E-state index contributed by atoms with van der Waals surface area (Å²) in [5.74, 6) is -0.524. The molecule has 0 bridgehead atoms. The molecule has 0 aliphatic carbocycles. The van der Waals surface area contributed by atoms with E-state index in [1.54, 1.807) is 13.0 Å². The maximum absolute atomic E-state index is 13.8. The lowest BCUT2D eigenvalue weighted by atomic mass is 10.2. The number of hydrogen-bond acceptors (Lipinski definition) is 2. The first-order chi connectivity index (χ1) is 7.13. The minimum atomic E-state index is -0.524. The highest BCUT2D eigenvalue weighted by molar-refractivity contribution is 9.10. The quantitative estimate of drug-likeness (QED) is 0.865. The summed E-state index contributed by atoms with van der Waals surface area (Å²) in [5.41, 5.74) is 0.374. The summed E-state index contributed by atoms with van der Waals surface area (Å²) in [5, 5.41) is 0. The predicted molar refractivity (Wildman–Crippen MR) is 59.4 cm³/mol. The number of aromatic nitrogens is 2. The second kappa shape index (κ2) is 3.73. The van der Waals surface area contributed by atoms with E-state index in [1.807, 2.05) is 0 Å². The standard InChI is InChI=1S/C10H8BrFN2O/c1-2-6-8(12)9-7(14-10(6)15)3-5(11)4-13-9/h3-4H,2H2,1H3,(H,14,15). The maximum Gasteiger partial charge on any atom is 0.254 e. The third-order valence-corrected chi connectivity index (χ3v) is 2.64. The Bertz CT molecular complexity index is 579. The van der Waals surface area contributed by atoms with E-state index < -0.39 is 5.82 Å². The van der Waals surface area contributed by atoms with E-state index >= 15 is 0 Å². The van der Waals surface area contributed by atoms with E-state index in [4.69, 9.17) is 0 Å². The molecule has 5 heteroatoms. The topological polar surface area (TPSA) is 45.8 Å². The van der Waals surface area contributed by atoms with E-state index in [2.05, 4.69) is 25.9 Å². The van der Waals surface area contributed by atoms with Crippen LogP contribution in [0.15, 0.2) is 21.5 Å². The van der Waals surface area contributed by atoms with Crippen LogP contribution in [0.4, 0.5) is 4.39 Å². The third kappa shape index (κ3) is 1.67. The number of aromatic amines is 1. The number of nitrogens with zero attached hydrogens (tertiary/aromatic N) is 1. The second-order valence-corrected chi connectivity index (χ2v) is 4.07. The Balaban J connectivity index is 2.91. The Kier molecular flexibility index (Phi) is 2.56. The highest BCUT2D eigenvalue weighted by Gasteiger charge is 2.11. The Labute approximate surface area is 93.5 Å². The number of hydrogen-bond donors (Lipinski definition) is 1. The summed E-state index contributed by atoms with van der Waals surface area (Å²) in [6.07, 6.45) is 1.86. The SMILES string of the molecule is CCc1c(F)c2ncc(Br)cc2[nH]c1=O. The van der Waals surface area contributed by atoms with Gasteiger partial charge in [0.2, 0.25) is 0 Å². The molecule has 1 N–H and O–H groups in total. The minimum Gasteiger partial charge on any atom is -0.320 e. The van der Waals surface area contributed by atoms with Gasteiger partial charge in [0, 0.05) is 10.7 Å². The number of fused-ring (bicyclic) bond motifs is 1. The molecule has 0 aliphatic rings. The molecule has 0 saturated heterocycles. The molecule has 2 rings (SSSR count). The van der Waals surface area contributed by atoms with E-state index in [0.717, 1.165) is 0 Å². The summed E-state index contributed by atoms with van der Waals surface area (Å²) in [6.45, 7) is 1.73. The summed E-state index contributed by atoms with van der Waals surface area (Å²) in [7, 11) is 0. The van der Waals surface area contributed by atoms with Crippen LogP contribution >= 0.6 is 15.9 Å². The fourth-order valence-electron chi connectivity index (χ4n) is 1.47. The number of rotatable bonds is 1. The summed E-state index contributed by atoms with van der Waals surface area (Å²) in [4.78, 5) is 18.0. The minimum absolute atomic E-state index is 0.150. The molecule has 2 heterocycles. The van der Waals surface area contributed by atoms with Gasteiger partial charge in [-0.15, -0.1) is 0 Å². The van der Waals surface area contributed by atoms with Gasteiger partial charge in [-0.05, 0) is 28.4 Å². The van der Waals surface area contributed by atoms with Crippen LogP contribution < -0.4 is 5.56 Å². The first kappa shape index (κ1) is 10.3. The van der Waals surface area contributed by atoms with Crippen molar-refractivity contribution in [2.45, 2.75) is 13.3 Å². The van der Waals surface area contributed by atoms with Gasteiger partial charge in [-0.2, -0.15) is 0 Å². The summed E-state index contributed by atoms with van der Waals surface area (Å²) in [6, 6.07) is 1.63. The van der Waals surface area contributed by atoms with Gasteiger partial charge < -0.3 is 4.98 Å². The van der Waals surface area contributed by atoms with Crippen molar-refractivity contribution in [3.05, 3.63) is 38.5 Å². The molecule has 2 aromatic heterocycles. The highest BCUT2D eigenvalue weighted by atomic mass is 79.9. The van der Waals surface area contributed by atoms with Crippen molar-refractivity contribution in [1.29, 1.82) is 0 Å². The predicted octanol–water partition coefficient (Wildman–Crippen LogP) is 2.39. The molecule has 0 spiro atoms. The van der Waals surface area contributed by atoms with Gasteiger partial charge in [-0.3, -0.25) is 9.78 Å². The monoisotopic (exact) mass is 270 g/mol. The van der Waals surface area contributed by atoms with E-state index in [0.29, 0.717) is 16.4 Å². The first-order valence-corrected chi connectivity index (χ1v) is 5.28. The Morgan fingerprint density at radius 1 is 1.60 bits per heavy atom. The summed E-state index contributed by atoms with van der Waals surface area (Å²) >= 11 is 3.21. The molecule has 0 aliphatic heterocycles. The lowest BCUT2D eigenvalue weighted by Crippen LogP contribution is -2.15. The van der Waals surface area contributed by atoms with Crippen LogP contribution in [-0.4, -0.2) is 9.97 Å². The smallest absolute Gasteiger partial charge is 0.254 e. The molecule has 0 unspecified atom stereocenters. The largest absolute Gasteiger partial charge is 0.320 e.